The van der Waals surface area contributed by atoms with Gasteiger partial charge in [0.2, 0.25) is 5.91 Å². The van der Waals surface area contributed by atoms with E-state index in [4.69, 9.17) is 4.74 Å². The smallest absolute Gasteiger partial charge is 0.244 e. The minimum Gasteiger partial charge on any atom is -0.380 e. The highest BCUT2D eigenvalue weighted by Crippen LogP contribution is 2.46. The minimum absolute atomic E-state index is 0.0177. The van der Waals surface area contributed by atoms with Gasteiger partial charge in [0.15, 0.2) is 0 Å². The van der Waals surface area contributed by atoms with Gasteiger partial charge in [-0.1, -0.05) is 0 Å². The molecule has 4 nitrogen and oxygen atoms in total. The number of nitrogens with zero attached hydrogens (tertiary/aromatic N) is 1. The Morgan fingerprint density at radius 2 is 2.19 bits per heavy atom. The molecule has 21 heavy (non-hydrogen) atoms. The number of hydrogen-bond acceptors (Lipinski definition) is 3. The van der Waals surface area contributed by atoms with E-state index < -0.39 is 23.3 Å². The molecule has 0 radical (unpaired) electrons. The van der Waals surface area contributed by atoms with Crippen molar-refractivity contribution in [1.82, 2.24) is 10.2 Å². The van der Waals surface area contributed by atoms with Crippen LogP contribution in [0.25, 0.3) is 0 Å². The molecule has 1 aliphatic carbocycles. The summed E-state index contributed by atoms with van der Waals surface area (Å²) in [5, 5.41) is 3.20. The van der Waals surface area contributed by atoms with Crippen molar-refractivity contribution >= 4 is 5.91 Å². The van der Waals surface area contributed by atoms with Crippen molar-refractivity contribution in [1.29, 1.82) is 0 Å². The first kappa shape index (κ1) is 14.4. The van der Waals surface area contributed by atoms with Gasteiger partial charge in [-0.2, -0.15) is 0 Å². The highest BCUT2D eigenvalue weighted by Gasteiger charge is 2.59. The zero-order chi connectivity index (χ0) is 15.0. The molecule has 1 aliphatic heterocycles. The first-order valence-electron chi connectivity index (χ1n) is 7.19. The summed E-state index contributed by atoms with van der Waals surface area (Å²) in [6.07, 6.45) is 0.966. The number of amides is 1. The maximum atomic E-state index is 14.0. The van der Waals surface area contributed by atoms with Gasteiger partial charge in [0.05, 0.1) is 6.61 Å². The average Bonchev–Trinajstić information content (AvgIpc) is 3.17. The summed E-state index contributed by atoms with van der Waals surface area (Å²) in [6.45, 7) is 3.24. The molecule has 6 heteroatoms. The van der Waals surface area contributed by atoms with Crippen molar-refractivity contribution < 1.29 is 18.3 Å². The lowest BCUT2D eigenvalue weighted by molar-refractivity contribution is -0.131. The normalized spacial score (nSPS) is 23.1. The van der Waals surface area contributed by atoms with Crippen LogP contribution in [0.5, 0.6) is 0 Å². The van der Waals surface area contributed by atoms with Crippen LogP contribution in [0.1, 0.15) is 31.5 Å². The molecule has 1 atom stereocenters. The molecule has 1 aromatic rings. The molecular formula is C15H18F2N2O2. The molecule has 114 valence electrons. The van der Waals surface area contributed by atoms with E-state index in [9.17, 15) is 13.6 Å². The Kier molecular flexibility index (Phi) is 3.67. The van der Waals surface area contributed by atoms with Crippen LogP contribution in [0.4, 0.5) is 8.78 Å². The molecular weight excluding hydrogens is 278 g/mol. The van der Waals surface area contributed by atoms with Crippen LogP contribution in [0.3, 0.4) is 0 Å². The van der Waals surface area contributed by atoms with Gasteiger partial charge in [-0.25, -0.2) is 8.78 Å². The molecule has 1 saturated carbocycles. The summed E-state index contributed by atoms with van der Waals surface area (Å²) in [5.41, 5.74) is -0.248. The molecule has 2 aliphatic rings. The second-order valence-corrected chi connectivity index (χ2v) is 5.49. The van der Waals surface area contributed by atoms with E-state index in [0.717, 1.165) is 18.9 Å². The summed E-state index contributed by atoms with van der Waals surface area (Å²) < 4.78 is 32.4. The molecule has 1 aromatic carbocycles. The molecule has 1 unspecified atom stereocenters. The fraction of sp³-hybridized carbons (Fsp3) is 0.533. The highest BCUT2D eigenvalue weighted by atomic mass is 19.1. The summed E-state index contributed by atoms with van der Waals surface area (Å²) in [5.74, 6) is -1.28. The molecule has 1 amide bonds. The summed E-state index contributed by atoms with van der Waals surface area (Å²) in [6, 6.07) is 3.45. The van der Waals surface area contributed by atoms with E-state index in [1.807, 2.05) is 6.92 Å². The number of halogens is 2. The van der Waals surface area contributed by atoms with Gasteiger partial charge in [-0.05, 0) is 31.9 Å². The van der Waals surface area contributed by atoms with Crippen LogP contribution in [-0.2, 0) is 9.53 Å². The number of hydrogen-bond donors (Lipinski definition) is 1. The maximum Gasteiger partial charge on any atom is 0.244 e. The Labute approximate surface area is 122 Å². The topological polar surface area (TPSA) is 41.6 Å². The monoisotopic (exact) mass is 296 g/mol. The van der Waals surface area contributed by atoms with Gasteiger partial charge in [-0.15, -0.1) is 0 Å². The van der Waals surface area contributed by atoms with Crippen LogP contribution < -0.4 is 5.32 Å². The lowest BCUT2D eigenvalue weighted by Gasteiger charge is -2.24. The quantitative estimate of drug-likeness (QED) is 0.845. The summed E-state index contributed by atoms with van der Waals surface area (Å²) >= 11 is 0. The minimum atomic E-state index is -0.639. The first-order chi connectivity index (χ1) is 10.1. The van der Waals surface area contributed by atoms with Gasteiger partial charge < -0.3 is 9.64 Å². The van der Waals surface area contributed by atoms with Crippen molar-refractivity contribution in [2.24, 2.45) is 0 Å². The molecule has 1 saturated heterocycles. The Balaban J connectivity index is 1.85. The predicted molar refractivity (Wildman–Crippen MR) is 72.4 cm³/mol. The van der Waals surface area contributed by atoms with E-state index in [2.05, 4.69) is 5.32 Å². The maximum absolute atomic E-state index is 14.0. The number of rotatable bonds is 5. The van der Waals surface area contributed by atoms with Crippen molar-refractivity contribution in [2.45, 2.75) is 31.5 Å². The molecule has 0 aromatic heterocycles. The molecule has 0 bridgehead atoms. The third-order valence-electron chi connectivity index (χ3n) is 4.08. The van der Waals surface area contributed by atoms with Crippen molar-refractivity contribution in [3.05, 3.63) is 35.4 Å². The molecule has 2 fully saturated rings. The van der Waals surface area contributed by atoms with Crippen LogP contribution in [0.2, 0.25) is 0 Å². The SMILES string of the molecule is CCOCCN1C(=O)C2(CC2)NC1c1ccc(F)cc1F. The number of ether oxygens (including phenoxy) is 1. The predicted octanol–water partition coefficient (Wildman–Crippen LogP) is 1.96. The van der Waals surface area contributed by atoms with Crippen LogP contribution in [0.15, 0.2) is 18.2 Å². The van der Waals surface area contributed by atoms with E-state index in [1.165, 1.54) is 12.1 Å². The van der Waals surface area contributed by atoms with Crippen molar-refractivity contribution in [3.63, 3.8) is 0 Å². The van der Waals surface area contributed by atoms with Gasteiger partial charge in [-0.3, -0.25) is 10.1 Å². The third kappa shape index (κ3) is 2.53. The Morgan fingerprint density at radius 3 is 2.81 bits per heavy atom. The van der Waals surface area contributed by atoms with Crippen molar-refractivity contribution in [3.8, 4) is 0 Å². The average molecular weight is 296 g/mol. The molecule has 1 heterocycles. The van der Waals surface area contributed by atoms with Gasteiger partial charge in [0, 0.05) is 24.8 Å². The van der Waals surface area contributed by atoms with Crippen LogP contribution >= 0.6 is 0 Å². The Hall–Kier alpha value is -1.53. The van der Waals surface area contributed by atoms with Gasteiger partial charge >= 0.3 is 0 Å². The molecule has 1 spiro atoms. The molecule has 3 rings (SSSR count). The second-order valence-electron chi connectivity index (χ2n) is 5.49. The van der Waals surface area contributed by atoms with E-state index in [0.29, 0.717) is 25.3 Å². The van der Waals surface area contributed by atoms with E-state index in [-0.39, 0.29) is 5.91 Å². The van der Waals surface area contributed by atoms with Gasteiger partial charge in [0.25, 0.3) is 0 Å². The van der Waals surface area contributed by atoms with E-state index in [1.54, 1.807) is 4.90 Å². The number of carbonyl (C=O) groups is 1. The summed E-state index contributed by atoms with van der Waals surface area (Å²) in [7, 11) is 0. The van der Waals surface area contributed by atoms with E-state index >= 15 is 0 Å². The zero-order valence-electron chi connectivity index (χ0n) is 11.9. The number of benzene rings is 1. The zero-order valence-corrected chi connectivity index (χ0v) is 11.9. The highest BCUT2D eigenvalue weighted by molar-refractivity contribution is 5.92. The number of carbonyl (C=O) groups excluding carboxylic acids is 1. The Bertz CT molecular complexity index is 561. The van der Waals surface area contributed by atoms with Crippen LogP contribution in [-0.4, -0.2) is 36.1 Å². The van der Waals surface area contributed by atoms with Crippen molar-refractivity contribution in [2.75, 3.05) is 19.8 Å². The first-order valence-corrected chi connectivity index (χ1v) is 7.19. The number of nitrogens with one attached hydrogen (secondary N) is 1. The van der Waals surface area contributed by atoms with Gasteiger partial charge in [0.1, 0.15) is 23.3 Å². The fourth-order valence-electron chi connectivity index (χ4n) is 2.78. The molecule has 1 N–H and O–H groups in total. The fourth-order valence-corrected chi connectivity index (χ4v) is 2.78. The van der Waals surface area contributed by atoms with Crippen LogP contribution in [0, 0.1) is 11.6 Å². The summed E-state index contributed by atoms with van der Waals surface area (Å²) in [4.78, 5) is 14.1. The lowest BCUT2D eigenvalue weighted by atomic mass is 10.1. The third-order valence-corrected chi connectivity index (χ3v) is 4.08. The largest absolute Gasteiger partial charge is 0.380 e. The standard InChI is InChI=1S/C15H18F2N2O2/c1-2-21-8-7-19-13(18-15(5-6-15)14(19)20)11-4-3-10(16)9-12(11)17/h3-4,9,13,18H,2,5-8H2,1H3. The Morgan fingerprint density at radius 1 is 1.43 bits per heavy atom. The second kappa shape index (κ2) is 5.35. The lowest BCUT2D eigenvalue weighted by Crippen LogP contribution is -2.34.